The van der Waals surface area contributed by atoms with Gasteiger partial charge in [-0.2, -0.15) is 0 Å². The molecule has 0 heterocycles. The Kier molecular flexibility index (Phi) is 10.5. The van der Waals surface area contributed by atoms with Gasteiger partial charge in [0.1, 0.15) is 0 Å². The highest BCUT2D eigenvalue weighted by Crippen LogP contribution is 2.35. The molecule has 1 aliphatic carbocycles. The van der Waals surface area contributed by atoms with Crippen molar-refractivity contribution in [1.29, 1.82) is 0 Å². The van der Waals surface area contributed by atoms with E-state index in [4.69, 9.17) is 0 Å². The lowest BCUT2D eigenvalue weighted by molar-refractivity contribution is 0.348. The summed E-state index contributed by atoms with van der Waals surface area (Å²) in [5.41, 5.74) is 4.95. The molecule has 2 aromatic rings. The second kappa shape index (κ2) is 12.4. The van der Waals surface area contributed by atoms with Crippen molar-refractivity contribution in [3.05, 3.63) is 70.8 Å². The maximum Gasteiger partial charge on any atom is 0.0249 e. The molecule has 0 spiro atoms. The third kappa shape index (κ3) is 7.09. The first-order chi connectivity index (χ1) is 12.7. The van der Waals surface area contributed by atoms with Crippen LogP contribution in [0.3, 0.4) is 0 Å². The minimum atomic E-state index is 0.760. The van der Waals surface area contributed by atoms with Crippen molar-refractivity contribution in [1.82, 2.24) is 0 Å². The molecular weight excluding hydrogens is 312 g/mol. The van der Waals surface area contributed by atoms with Crippen LogP contribution in [0.25, 0.3) is 0 Å². The normalized spacial score (nSPS) is 18.2. The highest BCUT2D eigenvalue weighted by molar-refractivity contribution is 5.44. The number of benzene rings is 2. The van der Waals surface area contributed by atoms with Crippen LogP contribution in [0.15, 0.2) is 48.5 Å². The van der Waals surface area contributed by atoms with E-state index in [-0.39, 0.29) is 0 Å². The Bertz CT molecular complexity index is 657. The van der Waals surface area contributed by atoms with Crippen LogP contribution in [0.1, 0.15) is 88.5 Å². The minimum absolute atomic E-state index is 0.760. The van der Waals surface area contributed by atoms with Crippen LogP contribution >= 0.6 is 0 Å². The number of hydrogen-bond acceptors (Lipinski definition) is 0. The summed E-state index contributed by atoms with van der Waals surface area (Å²) in [6.45, 7) is 12.5. The fourth-order valence-corrected chi connectivity index (χ4v) is 3.21. The van der Waals surface area contributed by atoms with Crippen LogP contribution in [-0.2, 0) is 0 Å². The van der Waals surface area contributed by atoms with E-state index in [1.807, 2.05) is 27.7 Å². The predicted molar refractivity (Wildman–Crippen MR) is 117 cm³/mol. The van der Waals surface area contributed by atoms with Crippen molar-refractivity contribution in [3.8, 4) is 11.8 Å². The Hall–Kier alpha value is -2.00. The van der Waals surface area contributed by atoms with E-state index in [0.717, 1.165) is 23.0 Å². The molecule has 0 unspecified atom stereocenters. The molecule has 2 aromatic carbocycles. The van der Waals surface area contributed by atoms with Gasteiger partial charge in [-0.05, 0) is 61.4 Å². The molecule has 0 aromatic heterocycles. The highest BCUT2D eigenvalue weighted by Gasteiger charge is 2.19. The summed E-state index contributed by atoms with van der Waals surface area (Å²) < 4.78 is 0. The van der Waals surface area contributed by atoms with Gasteiger partial charge in [0.25, 0.3) is 0 Å². The second-order valence-electron chi connectivity index (χ2n) is 6.69. The van der Waals surface area contributed by atoms with Crippen LogP contribution in [0.2, 0.25) is 0 Å². The van der Waals surface area contributed by atoms with Gasteiger partial charge in [-0.25, -0.2) is 0 Å². The Morgan fingerprint density at radius 2 is 1.08 bits per heavy atom. The first-order valence-corrected chi connectivity index (χ1v) is 10.4. The van der Waals surface area contributed by atoms with Gasteiger partial charge in [-0.1, -0.05) is 89.1 Å². The van der Waals surface area contributed by atoms with Gasteiger partial charge in [0.15, 0.2) is 0 Å². The number of rotatable bonds is 1. The van der Waals surface area contributed by atoms with E-state index < -0.39 is 0 Å². The molecule has 1 fully saturated rings. The zero-order valence-corrected chi connectivity index (χ0v) is 17.6. The molecule has 1 saturated carbocycles. The molecule has 0 aliphatic heterocycles. The maximum absolute atomic E-state index is 3.27. The summed E-state index contributed by atoms with van der Waals surface area (Å²) >= 11 is 0. The first-order valence-electron chi connectivity index (χ1n) is 10.4. The van der Waals surface area contributed by atoms with Gasteiger partial charge < -0.3 is 0 Å². The van der Waals surface area contributed by atoms with Gasteiger partial charge in [-0.3, -0.25) is 0 Å². The van der Waals surface area contributed by atoms with Crippen LogP contribution in [0.4, 0.5) is 0 Å². The molecule has 0 amide bonds. The molecule has 0 atom stereocenters. The van der Waals surface area contributed by atoms with Gasteiger partial charge in [-0.15, -0.1) is 0 Å². The van der Waals surface area contributed by atoms with Crippen molar-refractivity contribution in [2.24, 2.45) is 5.92 Å². The van der Waals surface area contributed by atoms with Crippen LogP contribution < -0.4 is 0 Å². The Morgan fingerprint density at radius 3 is 1.54 bits per heavy atom. The van der Waals surface area contributed by atoms with E-state index >= 15 is 0 Å². The van der Waals surface area contributed by atoms with Crippen molar-refractivity contribution in [2.75, 3.05) is 0 Å². The maximum atomic E-state index is 3.27. The summed E-state index contributed by atoms with van der Waals surface area (Å²) in [7, 11) is 0. The standard InChI is InChI=1S/C22H24.2C2H6/c1-17-3-7-19(8-4-17)9-10-20-11-15-22(16-12-20)21-13-5-18(2)6-14-21;2*1-2/h3-4,7-8,11-12,15-16,18,21H,5-6,13-14H2,1-2H3;2*1-2H3. The van der Waals surface area contributed by atoms with E-state index in [0.29, 0.717) is 0 Å². The molecule has 0 bridgehead atoms. The fourth-order valence-electron chi connectivity index (χ4n) is 3.21. The second-order valence-corrected chi connectivity index (χ2v) is 6.69. The summed E-state index contributed by atoms with van der Waals surface area (Å²) in [6.07, 6.45) is 5.43. The van der Waals surface area contributed by atoms with Crippen LogP contribution in [0.5, 0.6) is 0 Å². The smallest absolute Gasteiger partial charge is 0.0249 e. The number of aryl methyl sites for hydroxylation is 1. The van der Waals surface area contributed by atoms with E-state index in [9.17, 15) is 0 Å². The topological polar surface area (TPSA) is 0 Å². The van der Waals surface area contributed by atoms with E-state index in [1.54, 1.807) is 0 Å². The molecule has 0 heteroatoms. The average Bonchev–Trinajstić information content (AvgIpc) is 2.72. The SMILES string of the molecule is CC.CC.Cc1ccc(C#Cc2ccc(C3CCC(C)CC3)cc2)cc1. The van der Waals surface area contributed by atoms with Crippen LogP contribution in [0, 0.1) is 24.7 Å². The Labute approximate surface area is 162 Å². The first kappa shape index (κ1) is 22.0. The number of hydrogen-bond donors (Lipinski definition) is 0. The molecule has 3 rings (SSSR count). The van der Waals surface area contributed by atoms with Crippen LogP contribution in [-0.4, -0.2) is 0 Å². The third-order valence-electron chi connectivity index (χ3n) is 4.80. The summed E-state index contributed by atoms with van der Waals surface area (Å²) in [5, 5.41) is 0. The quantitative estimate of drug-likeness (QED) is 0.462. The third-order valence-corrected chi connectivity index (χ3v) is 4.80. The van der Waals surface area contributed by atoms with E-state index in [1.165, 1.54) is 36.8 Å². The lowest BCUT2D eigenvalue weighted by atomic mass is 9.79. The largest absolute Gasteiger partial charge is 0.0683 e. The zero-order chi connectivity index (χ0) is 19.4. The lowest BCUT2D eigenvalue weighted by Gasteiger charge is -2.26. The Morgan fingerprint density at radius 1 is 0.654 bits per heavy atom. The molecule has 0 N–H and O–H groups in total. The van der Waals surface area contributed by atoms with Crippen molar-refractivity contribution in [3.63, 3.8) is 0 Å². The molecule has 0 nitrogen and oxygen atoms in total. The van der Waals surface area contributed by atoms with E-state index in [2.05, 4.69) is 74.2 Å². The monoisotopic (exact) mass is 348 g/mol. The van der Waals surface area contributed by atoms with Gasteiger partial charge in [0, 0.05) is 11.1 Å². The summed E-state index contributed by atoms with van der Waals surface area (Å²) in [5.74, 6) is 8.18. The molecule has 0 radical (unpaired) electrons. The summed E-state index contributed by atoms with van der Waals surface area (Å²) in [4.78, 5) is 0. The molecule has 26 heavy (non-hydrogen) atoms. The van der Waals surface area contributed by atoms with Crippen molar-refractivity contribution < 1.29 is 0 Å². The lowest BCUT2D eigenvalue weighted by Crippen LogP contribution is -2.10. The molecule has 140 valence electrons. The molecule has 0 saturated heterocycles. The van der Waals surface area contributed by atoms with Gasteiger partial charge in [0.05, 0.1) is 0 Å². The summed E-state index contributed by atoms with van der Waals surface area (Å²) in [6, 6.07) is 17.3. The fraction of sp³-hybridized carbons (Fsp3) is 0.462. The average molecular weight is 349 g/mol. The predicted octanol–water partition coefficient (Wildman–Crippen LogP) is 7.74. The van der Waals surface area contributed by atoms with Gasteiger partial charge >= 0.3 is 0 Å². The highest BCUT2D eigenvalue weighted by atomic mass is 14.2. The van der Waals surface area contributed by atoms with Crippen molar-refractivity contribution >= 4 is 0 Å². The minimum Gasteiger partial charge on any atom is -0.0683 e. The molecular formula is C26H36. The molecule has 1 aliphatic rings. The van der Waals surface area contributed by atoms with Crippen molar-refractivity contribution in [2.45, 2.75) is 73.1 Å². The van der Waals surface area contributed by atoms with Gasteiger partial charge in [0.2, 0.25) is 0 Å². The zero-order valence-electron chi connectivity index (χ0n) is 17.6. The Balaban J connectivity index is 0.000000791.